The average Bonchev–Trinajstić information content (AvgIpc) is 2.55. The molecule has 0 aliphatic carbocycles. The van der Waals surface area contributed by atoms with Crippen LogP contribution in [-0.2, 0) is 9.53 Å². The smallest absolute Gasteiger partial charge is 0.372 e. The first-order chi connectivity index (χ1) is 11.1. The average molecular weight is 313 g/mol. The Labute approximate surface area is 132 Å². The molecule has 23 heavy (non-hydrogen) atoms. The van der Waals surface area contributed by atoms with Crippen molar-refractivity contribution in [2.45, 2.75) is 13.3 Å². The molecule has 1 heterocycles. The first-order valence-corrected chi connectivity index (χ1v) is 6.93. The zero-order chi connectivity index (χ0) is 16.7. The molecule has 0 bridgehead atoms. The van der Waals surface area contributed by atoms with Crippen molar-refractivity contribution in [1.29, 1.82) is 0 Å². The lowest BCUT2D eigenvalue weighted by Gasteiger charge is -2.07. The summed E-state index contributed by atoms with van der Waals surface area (Å²) in [6.45, 7) is 1.71. The predicted molar refractivity (Wildman–Crippen MR) is 84.0 cm³/mol. The normalized spacial score (nSPS) is 9.78. The van der Waals surface area contributed by atoms with Crippen LogP contribution in [0.15, 0.2) is 48.5 Å². The lowest BCUT2D eigenvalue weighted by molar-refractivity contribution is -0.115. The number of ether oxygens (including phenoxy) is 1. The van der Waals surface area contributed by atoms with Crippen molar-refractivity contribution in [3.8, 4) is 0 Å². The summed E-state index contributed by atoms with van der Waals surface area (Å²) in [7, 11) is 0. The molecule has 2 rings (SSSR count). The van der Waals surface area contributed by atoms with Gasteiger partial charge in [0.15, 0.2) is 0 Å². The zero-order valence-corrected chi connectivity index (χ0v) is 12.4. The third kappa shape index (κ3) is 4.92. The number of benzene rings is 1. The first kappa shape index (κ1) is 16.2. The summed E-state index contributed by atoms with van der Waals surface area (Å²) in [6.07, 6.45) is -0.641. The molecule has 1 aromatic carbocycles. The minimum atomic E-state index is -0.953. The van der Waals surface area contributed by atoms with Crippen LogP contribution in [0.3, 0.4) is 0 Å². The van der Waals surface area contributed by atoms with Crippen LogP contribution in [0.4, 0.5) is 16.4 Å². The Kier molecular flexibility index (Phi) is 5.40. The van der Waals surface area contributed by atoms with Crippen molar-refractivity contribution >= 4 is 29.6 Å². The highest BCUT2D eigenvalue weighted by atomic mass is 16.6. The maximum absolute atomic E-state index is 11.7. The van der Waals surface area contributed by atoms with Crippen LogP contribution in [0.5, 0.6) is 0 Å². The molecule has 0 unspecified atom stereocenters. The molecule has 7 heteroatoms. The number of carbonyl (C=O) groups is 3. The maximum Gasteiger partial charge on any atom is 0.420 e. The van der Waals surface area contributed by atoms with Gasteiger partial charge in [0.25, 0.3) is 0 Å². The van der Waals surface area contributed by atoms with E-state index in [1.54, 1.807) is 37.3 Å². The van der Waals surface area contributed by atoms with E-state index in [-0.39, 0.29) is 17.3 Å². The standard InChI is InChI=1S/C16H15N3O4/c1-2-14(20)18-12-9-6-10-13(17-12)19-16(22)23-15(21)11-7-4-3-5-8-11/h3-10H,2H2,1H3,(H2,17,18,19,20,22). The Morgan fingerprint density at radius 3 is 2.26 bits per heavy atom. The third-order valence-electron chi connectivity index (χ3n) is 2.76. The monoisotopic (exact) mass is 313 g/mol. The number of aromatic nitrogens is 1. The minimum Gasteiger partial charge on any atom is -0.372 e. The number of esters is 1. The SMILES string of the molecule is CCC(=O)Nc1cccc(NC(=O)OC(=O)c2ccccc2)n1. The van der Waals surface area contributed by atoms with E-state index in [2.05, 4.69) is 20.4 Å². The van der Waals surface area contributed by atoms with Gasteiger partial charge in [0.1, 0.15) is 11.6 Å². The van der Waals surface area contributed by atoms with Crippen LogP contribution >= 0.6 is 0 Å². The van der Waals surface area contributed by atoms with E-state index in [9.17, 15) is 14.4 Å². The Balaban J connectivity index is 1.96. The quantitative estimate of drug-likeness (QED) is 0.668. The van der Waals surface area contributed by atoms with Gasteiger partial charge in [-0.3, -0.25) is 10.1 Å². The topological polar surface area (TPSA) is 97.4 Å². The summed E-state index contributed by atoms with van der Waals surface area (Å²) in [6, 6.07) is 12.8. The van der Waals surface area contributed by atoms with Crippen LogP contribution in [0.1, 0.15) is 23.7 Å². The summed E-state index contributed by atoms with van der Waals surface area (Å²) < 4.78 is 4.67. The summed E-state index contributed by atoms with van der Waals surface area (Å²) in [5.41, 5.74) is 0.263. The van der Waals surface area contributed by atoms with Gasteiger partial charge in [-0.2, -0.15) is 0 Å². The summed E-state index contributed by atoms with van der Waals surface area (Å²) in [5.74, 6) is -0.510. The minimum absolute atomic E-state index is 0.157. The van der Waals surface area contributed by atoms with Crippen LogP contribution < -0.4 is 10.6 Å². The second-order valence-electron chi connectivity index (χ2n) is 4.48. The van der Waals surface area contributed by atoms with E-state index in [1.165, 1.54) is 18.2 Å². The lowest BCUT2D eigenvalue weighted by Crippen LogP contribution is -2.19. The van der Waals surface area contributed by atoms with Gasteiger partial charge < -0.3 is 10.1 Å². The highest BCUT2D eigenvalue weighted by Crippen LogP contribution is 2.10. The molecular formula is C16H15N3O4. The van der Waals surface area contributed by atoms with E-state index in [1.807, 2.05) is 0 Å². The molecule has 0 aliphatic rings. The number of pyridine rings is 1. The van der Waals surface area contributed by atoms with Crippen molar-refractivity contribution in [1.82, 2.24) is 4.98 Å². The molecule has 0 spiro atoms. The van der Waals surface area contributed by atoms with Gasteiger partial charge >= 0.3 is 12.1 Å². The largest absolute Gasteiger partial charge is 0.420 e. The third-order valence-corrected chi connectivity index (χ3v) is 2.76. The molecular weight excluding hydrogens is 298 g/mol. The summed E-state index contributed by atoms with van der Waals surface area (Å²) in [4.78, 5) is 38.8. The molecule has 0 saturated heterocycles. The Hall–Kier alpha value is -3.22. The number of amides is 2. The molecule has 2 amide bonds. The number of hydrogen-bond acceptors (Lipinski definition) is 5. The molecule has 2 aromatic rings. The van der Waals surface area contributed by atoms with Gasteiger partial charge in [0, 0.05) is 6.42 Å². The number of nitrogens with one attached hydrogen (secondary N) is 2. The molecule has 1 aromatic heterocycles. The highest BCUT2D eigenvalue weighted by Gasteiger charge is 2.13. The Morgan fingerprint density at radius 2 is 1.61 bits per heavy atom. The van der Waals surface area contributed by atoms with Gasteiger partial charge in [-0.15, -0.1) is 0 Å². The summed E-state index contributed by atoms with van der Waals surface area (Å²) >= 11 is 0. The van der Waals surface area contributed by atoms with E-state index in [4.69, 9.17) is 0 Å². The van der Waals surface area contributed by atoms with Gasteiger partial charge in [-0.1, -0.05) is 31.2 Å². The second kappa shape index (κ2) is 7.69. The molecule has 0 fully saturated rings. The van der Waals surface area contributed by atoms with Crippen LogP contribution in [0.25, 0.3) is 0 Å². The Bertz CT molecular complexity index is 716. The fourth-order valence-corrected chi connectivity index (χ4v) is 1.65. The van der Waals surface area contributed by atoms with Crippen molar-refractivity contribution in [2.24, 2.45) is 0 Å². The highest BCUT2D eigenvalue weighted by molar-refractivity contribution is 6.00. The van der Waals surface area contributed by atoms with Crippen molar-refractivity contribution in [3.05, 3.63) is 54.1 Å². The summed E-state index contributed by atoms with van der Waals surface area (Å²) in [5, 5.41) is 4.89. The molecule has 7 nitrogen and oxygen atoms in total. The van der Waals surface area contributed by atoms with Gasteiger partial charge in [0.2, 0.25) is 5.91 Å². The van der Waals surface area contributed by atoms with Crippen LogP contribution in [-0.4, -0.2) is 23.0 Å². The van der Waals surface area contributed by atoms with Crippen LogP contribution in [0, 0.1) is 0 Å². The fraction of sp³-hybridized carbons (Fsp3) is 0.125. The van der Waals surface area contributed by atoms with Crippen molar-refractivity contribution in [2.75, 3.05) is 10.6 Å². The second-order valence-corrected chi connectivity index (χ2v) is 4.48. The molecule has 118 valence electrons. The number of rotatable bonds is 4. The van der Waals surface area contributed by atoms with Crippen LogP contribution in [0.2, 0.25) is 0 Å². The maximum atomic E-state index is 11.7. The predicted octanol–water partition coefficient (Wildman–Crippen LogP) is 2.82. The van der Waals surface area contributed by atoms with Gasteiger partial charge in [-0.25, -0.2) is 14.6 Å². The number of carbonyl (C=O) groups excluding carboxylic acids is 3. The number of hydrogen-bond donors (Lipinski definition) is 2. The fourth-order valence-electron chi connectivity index (χ4n) is 1.65. The molecule has 0 atom stereocenters. The van der Waals surface area contributed by atoms with Crippen molar-refractivity contribution < 1.29 is 19.1 Å². The zero-order valence-electron chi connectivity index (χ0n) is 12.4. The van der Waals surface area contributed by atoms with E-state index in [0.717, 1.165) is 0 Å². The van der Waals surface area contributed by atoms with Gasteiger partial charge in [-0.05, 0) is 24.3 Å². The van der Waals surface area contributed by atoms with E-state index < -0.39 is 12.1 Å². The first-order valence-electron chi connectivity index (χ1n) is 6.93. The molecule has 0 saturated carbocycles. The molecule has 2 N–H and O–H groups in total. The van der Waals surface area contributed by atoms with E-state index in [0.29, 0.717) is 12.2 Å². The van der Waals surface area contributed by atoms with E-state index >= 15 is 0 Å². The number of anilines is 2. The molecule has 0 radical (unpaired) electrons. The van der Waals surface area contributed by atoms with Gasteiger partial charge in [0.05, 0.1) is 5.56 Å². The van der Waals surface area contributed by atoms with Crippen molar-refractivity contribution in [3.63, 3.8) is 0 Å². The molecule has 0 aliphatic heterocycles. The Morgan fingerprint density at radius 1 is 0.957 bits per heavy atom. The lowest BCUT2D eigenvalue weighted by atomic mass is 10.2. The number of nitrogens with zero attached hydrogens (tertiary/aromatic N) is 1.